The van der Waals surface area contributed by atoms with Gasteiger partial charge in [-0.25, -0.2) is 9.48 Å². The number of piperazine rings is 1. The fourth-order valence-electron chi connectivity index (χ4n) is 3.51. The van der Waals surface area contributed by atoms with Crippen molar-refractivity contribution in [3.63, 3.8) is 0 Å². The van der Waals surface area contributed by atoms with Crippen LogP contribution in [0.4, 0.5) is 10.5 Å². The summed E-state index contributed by atoms with van der Waals surface area (Å²) in [4.78, 5) is 33.0. The number of hydrogen-bond acceptors (Lipinski definition) is 9. The van der Waals surface area contributed by atoms with E-state index in [0.717, 1.165) is 31.7 Å². The van der Waals surface area contributed by atoms with Crippen molar-refractivity contribution in [2.24, 2.45) is 0 Å². The third kappa shape index (κ3) is 6.02. The van der Waals surface area contributed by atoms with E-state index in [1.54, 1.807) is 31.2 Å². The Labute approximate surface area is 190 Å². The molecule has 0 saturated carbocycles. The van der Waals surface area contributed by atoms with Crippen LogP contribution in [-0.2, 0) is 17.8 Å². The SMILES string of the molecule is CCOC(=O)Nc1cccc(Cn2nc(-c3noc(CN4CCN(C)CC4)n3)ccc2=O)c1. The van der Waals surface area contributed by atoms with Crippen molar-refractivity contribution in [2.45, 2.75) is 20.0 Å². The molecule has 0 spiro atoms. The molecular weight excluding hydrogens is 426 g/mol. The molecule has 11 heteroatoms. The van der Waals surface area contributed by atoms with Crippen molar-refractivity contribution < 1.29 is 14.1 Å². The van der Waals surface area contributed by atoms with Gasteiger partial charge in [0.25, 0.3) is 5.56 Å². The second kappa shape index (κ2) is 10.4. The zero-order valence-electron chi connectivity index (χ0n) is 18.7. The summed E-state index contributed by atoms with van der Waals surface area (Å²) in [6.07, 6.45) is -0.531. The average Bonchev–Trinajstić information content (AvgIpc) is 3.26. The predicted molar refractivity (Wildman–Crippen MR) is 121 cm³/mol. The average molecular weight is 454 g/mol. The Bertz CT molecular complexity index is 1150. The monoisotopic (exact) mass is 453 g/mol. The highest BCUT2D eigenvalue weighted by atomic mass is 16.5. The van der Waals surface area contributed by atoms with Crippen LogP contribution in [0.5, 0.6) is 0 Å². The molecule has 2 aromatic heterocycles. The molecule has 33 heavy (non-hydrogen) atoms. The van der Waals surface area contributed by atoms with Gasteiger partial charge in [0.1, 0.15) is 5.69 Å². The lowest BCUT2D eigenvalue weighted by atomic mass is 10.2. The highest BCUT2D eigenvalue weighted by Gasteiger charge is 2.18. The van der Waals surface area contributed by atoms with Gasteiger partial charge in [0.15, 0.2) is 0 Å². The van der Waals surface area contributed by atoms with E-state index in [9.17, 15) is 9.59 Å². The number of anilines is 1. The summed E-state index contributed by atoms with van der Waals surface area (Å²) in [6, 6.07) is 10.2. The van der Waals surface area contributed by atoms with Gasteiger partial charge in [0, 0.05) is 37.9 Å². The number of carbonyl (C=O) groups excluding carboxylic acids is 1. The van der Waals surface area contributed by atoms with E-state index in [0.29, 0.717) is 29.6 Å². The van der Waals surface area contributed by atoms with E-state index in [1.165, 1.54) is 10.7 Å². The molecule has 4 rings (SSSR count). The topological polar surface area (TPSA) is 119 Å². The Morgan fingerprint density at radius 3 is 2.76 bits per heavy atom. The van der Waals surface area contributed by atoms with Crippen LogP contribution in [0.1, 0.15) is 18.4 Å². The van der Waals surface area contributed by atoms with E-state index in [2.05, 4.69) is 37.4 Å². The summed E-state index contributed by atoms with van der Waals surface area (Å²) in [5.41, 5.74) is 1.55. The molecule has 0 unspecified atom stereocenters. The number of nitrogens with one attached hydrogen (secondary N) is 1. The molecule has 0 aliphatic carbocycles. The van der Waals surface area contributed by atoms with Crippen LogP contribution in [0.15, 0.2) is 45.7 Å². The third-order valence-electron chi connectivity index (χ3n) is 5.30. The highest BCUT2D eigenvalue weighted by Crippen LogP contribution is 2.15. The molecule has 0 atom stereocenters. The number of benzene rings is 1. The van der Waals surface area contributed by atoms with Gasteiger partial charge in [0.05, 0.1) is 19.7 Å². The van der Waals surface area contributed by atoms with E-state index >= 15 is 0 Å². The zero-order valence-corrected chi connectivity index (χ0v) is 18.7. The molecular formula is C22H27N7O4. The van der Waals surface area contributed by atoms with Gasteiger partial charge in [0.2, 0.25) is 11.7 Å². The first-order chi connectivity index (χ1) is 16.0. The number of amides is 1. The highest BCUT2D eigenvalue weighted by molar-refractivity contribution is 5.84. The molecule has 11 nitrogen and oxygen atoms in total. The van der Waals surface area contributed by atoms with E-state index in [-0.39, 0.29) is 18.7 Å². The van der Waals surface area contributed by atoms with Crippen LogP contribution in [0.3, 0.4) is 0 Å². The largest absolute Gasteiger partial charge is 0.450 e. The molecule has 1 saturated heterocycles. The van der Waals surface area contributed by atoms with Crippen LogP contribution in [0.2, 0.25) is 0 Å². The second-order valence-corrected chi connectivity index (χ2v) is 7.85. The van der Waals surface area contributed by atoms with Gasteiger partial charge < -0.3 is 14.2 Å². The van der Waals surface area contributed by atoms with Crippen molar-refractivity contribution in [2.75, 3.05) is 45.2 Å². The summed E-state index contributed by atoms with van der Waals surface area (Å²) in [6.45, 7) is 6.72. The molecule has 1 aliphatic rings. The fraction of sp³-hybridized carbons (Fsp3) is 0.409. The van der Waals surface area contributed by atoms with Crippen LogP contribution >= 0.6 is 0 Å². The molecule has 174 valence electrons. The Kier molecular flexibility index (Phi) is 7.10. The minimum atomic E-state index is -0.531. The van der Waals surface area contributed by atoms with Crippen LogP contribution in [0, 0.1) is 0 Å². The van der Waals surface area contributed by atoms with Crippen LogP contribution < -0.4 is 10.9 Å². The van der Waals surface area contributed by atoms with Gasteiger partial charge in [-0.05, 0) is 37.7 Å². The molecule has 1 amide bonds. The molecule has 0 radical (unpaired) electrons. The Morgan fingerprint density at radius 2 is 1.97 bits per heavy atom. The summed E-state index contributed by atoms with van der Waals surface area (Å²) >= 11 is 0. The predicted octanol–water partition coefficient (Wildman–Crippen LogP) is 1.66. The van der Waals surface area contributed by atoms with Crippen LogP contribution in [-0.4, -0.2) is 75.6 Å². The van der Waals surface area contributed by atoms with Crippen molar-refractivity contribution in [1.82, 2.24) is 29.7 Å². The maximum Gasteiger partial charge on any atom is 0.411 e. The Morgan fingerprint density at radius 1 is 1.15 bits per heavy atom. The fourth-order valence-corrected chi connectivity index (χ4v) is 3.51. The molecule has 3 aromatic rings. The Balaban J connectivity index is 1.46. The lowest BCUT2D eigenvalue weighted by Crippen LogP contribution is -2.43. The van der Waals surface area contributed by atoms with Crippen LogP contribution in [0.25, 0.3) is 11.5 Å². The summed E-state index contributed by atoms with van der Waals surface area (Å²) in [7, 11) is 2.11. The van der Waals surface area contributed by atoms with Gasteiger partial charge >= 0.3 is 6.09 Å². The molecule has 1 N–H and O–H groups in total. The minimum absolute atomic E-state index is 0.219. The van der Waals surface area contributed by atoms with Gasteiger partial charge in [-0.1, -0.05) is 17.3 Å². The van der Waals surface area contributed by atoms with E-state index in [1.807, 2.05) is 6.07 Å². The second-order valence-electron chi connectivity index (χ2n) is 7.85. The maximum atomic E-state index is 12.4. The normalized spacial score (nSPS) is 14.8. The smallest absolute Gasteiger partial charge is 0.411 e. The quantitative estimate of drug-likeness (QED) is 0.570. The Hall–Kier alpha value is -3.57. The van der Waals surface area contributed by atoms with Gasteiger partial charge in [-0.2, -0.15) is 10.1 Å². The molecule has 1 aromatic carbocycles. The summed E-state index contributed by atoms with van der Waals surface area (Å²) < 4.78 is 11.6. The zero-order chi connectivity index (χ0) is 23.2. The molecule has 1 aliphatic heterocycles. The molecule has 0 bridgehead atoms. The lowest BCUT2D eigenvalue weighted by molar-refractivity contribution is 0.135. The van der Waals surface area contributed by atoms with Crippen molar-refractivity contribution in [3.8, 4) is 11.5 Å². The van der Waals surface area contributed by atoms with Crippen molar-refractivity contribution in [3.05, 3.63) is 58.2 Å². The number of nitrogens with zero attached hydrogens (tertiary/aromatic N) is 6. The number of rotatable bonds is 7. The summed E-state index contributed by atoms with van der Waals surface area (Å²) in [5, 5.41) is 11.1. The number of likely N-dealkylation sites (N-methyl/N-ethyl adjacent to an activating group) is 1. The standard InChI is InChI=1S/C22H27N7O4/c1-3-32-22(31)23-17-6-4-5-16(13-17)14-29-20(30)8-7-18(25-29)21-24-19(33-26-21)15-28-11-9-27(2)10-12-28/h4-8,13H,3,9-12,14-15H2,1-2H3,(H,23,31). The van der Waals surface area contributed by atoms with E-state index in [4.69, 9.17) is 9.26 Å². The maximum absolute atomic E-state index is 12.4. The number of ether oxygens (including phenoxy) is 1. The van der Waals surface area contributed by atoms with Gasteiger partial charge in [-0.3, -0.25) is 15.0 Å². The molecule has 3 heterocycles. The lowest BCUT2D eigenvalue weighted by Gasteiger charge is -2.31. The number of aromatic nitrogens is 4. The number of hydrogen-bond donors (Lipinski definition) is 1. The number of carbonyl (C=O) groups is 1. The summed E-state index contributed by atoms with van der Waals surface area (Å²) in [5.74, 6) is 0.859. The molecule has 1 fully saturated rings. The first-order valence-corrected chi connectivity index (χ1v) is 10.8. The first kappa shape index (κ1) is 22.6. The minimum Gasteiger partial charge on any atom is -0.450 e. The van der Waals surface area contributed by atoms with E-state index < -0.39 is 6.09 Å². The van der Waals surface area contributed by atoms with Crippen molar-refractivity contribution in [1.29, 1.82) is 0 Å². The van der Waals surface area contributed by atoms with Gasteiger partial charge in [-0.15, -0.1) is 0 Å². The third-order valence-corrected chi connectivity index (χ3v) is 5.30. The van der Waals surface area contributed by atoms with Crippen molar-refractivity contribution >= 4 is 11.8 Å². The first-order valence-electron chi connectivity index (χ1n) is 10.8.